The van der Waals surface area contributed by atoms with Crippen LogP contribution in [-0.2, 0) is 9.53 Å². The fourth-order valence-corrected chi connectivity index (χ4v) is 5.02. The second-order valence-corrected chi connectivity index (χ2v) is 9.01. The lowest BCUT2D eigenvalue weighted by Gasteiger charge is -2.11. The Morgan fingerprint density at radius 3 is 2.59 bits per heavy atom. The van der Waals surface area contributed by atoms with Gasteiger partial charge in [-0.1, -0.05) is 25.5 Å². The molecule has 1 heterocycles. The Morgan fingerprint density at radius 1 is 1.22 bits per heavy atom. The predicted molar refractivity (Wildman–Crippen MR) is 127 cm³/mol. The Bertz CT molecular complexity index is 918. The van der Waals surface area contributed by atoms with Crippen LogP contribution in [0.1, 0.15) is 30.9 Å². The van der Waals surface area contributed by atoms with E-state index in [1.807, 2.05) is 36.4 Å². The van der Waals surface area contributed by atoms with Gasteiger partial charge in [0.05, 0.1) is 19.3 Å². The number of hydrogen-bond acceptors (Lipinski definition) is 4. The van der Waals surface area contributed by atoms with Crippen LogP contribution >= 0.6 is 61.1 Å². The molecule has 0 aromatic heterocycles. The molecule has 0 bridgehead atoms. The molecule has 0 saturated heterocycles. The van der Waals surface area contributed by atoms with Crippen molar-refractivity contribution in [3.63, 3.8) is 0 Å². The molecule has 0 radical (unpaired) electrons. The van der Waals surface area contributed by atoms with Crippen molar-refractivity contribution in [2.45, 2.75) is 19.8 Å². The van der Waals surface area contributed by atoms with E-state index in [0.717, 1.165) is 41.3 Å². The summed E-state index contributed by atoms with van der Waals surface area (Å²) in [7, 11) is 0. The molecule has 0 aliphatic carbocycles. The molecule has 0 spiro atoms. The van der Waals surface area contributed by atoms with Crippen molar-refractivity contribution in [1.82, 2.24) is 0 Å². The summed E-state index contributed by atoms with van der Waals surface area (Å²) in [6, 6.07) is 11.5. The lowest BCUT2D eigenvalue weighted by Crippen LogP contribution is -2.05. The molecular weight excluding hydrogens is 636 g/mol. The maximum atomic E-state index is 12.2. The van der Waals surface area contributed by atoms with Gasteiger partial charge < -0.3 is 9.47 Å². The number of esters is 1. The Balaban J connectivity index is 1.88. The van der Waals surface area contributed by atoms with Gasteiger partial charge in [-0.25, -0.2) is 9.79 Å². The zero-order valence-corrected chi connectivity index (χ0v) is 20.4. The molecule has 3 rings (SSSR count). The highest BCUT2D eigenvalue weighted by atomic mass is 127. The van der Waals surface area contributed by atoms with Crippen molar-refractivity contribution >= 4 is 79.1 Å². The van der Waals surface area contributed by atoms with E-state index in [0.29, 0.717) is 12.5 Å². The van der Waals surface area contributed by atoms with Gasteiger partial charge in [0.2, 0.25) is 5.90 Å². The number of halogens is 3. The number of nitrogens with zero attached hydrogens (tertiary/aromatic N) is 1. The number of carbonyl (C=O) groups is 1. The van der Waals surface area contributed by atoms with Crippen molar-refractivity contribution < 1.29 is 14.3 Å². The summed E-state index contributed by atoms with van der Waals surface area (Å²) < 4.78 is 14.1. The molecule has 140 valence electrons. The molecule has 1 aliphatic rings. The highest BCUT2D eigenvalue weighted by Gasteiger charge is 2.25. The van der Waals surface area contributed by atoms with Crippen molar-refractivity contribution in [3.8, 4) is 5.75 Å². The Labute approximate surface area is 193 Å². The summed E-state index contributed by atoms with van der Waals surface area (Å²) in [6.45, 7) is 2.84. The summed E-state index contributed by atoms with van der Waals surface area (Å²) in [4.78, 5) is 16.6. The van der Waals surface area contributed by atoms with Gasteiger partial charge in [-0.05, 0) is 103 Å². The van der Waals surface area contributed by atoms with E-state index in [1.54, 1.807) is 6.08 Å². The van der Waals surface area contributed by atoms with Crippen LogP contribution in [0.25, 0.3) is 6.08 Å². The molecule has 0 saturated carbocycles. The van der Waals surface area contributed by atoms with Crippen LogP contribution in [-0.4, -0.2) is 18.5 Å². The molecule has 1 aliphatic heterocycles. The first kappa shape index (κ1) is 20.8. The topological polar surface area (TPSA) is 47.9 Å². The van der Waals surface area contributed by atoms with E-state index < -0.39 is 5.97 Å². The number of ether oxygens (including phenoxy) is 2. The normalized spacial score (nSPS) is 15.0. The van der Waals surface area contributed by atoms with Crippen LogP contribution in [0.4, 0.5) is 0 Å². The van der Waals surface area contributed by atoms with E-state index in [4.69, 9.17) is 9.47 Å². The smallest absolute Gasteiger partial charge is 0.363 e. The van der Waals surface area contributed by atoms with Gasteiger partial charge in [-0.3, -0.25) is 0 Å². The minimum atomic E-state index is -0.450. The largest absolute Gasteiger partial charge is 0.491 e. The quantitative estimate of drug-likeness (QED) is 0.162. The van der Waals surface area contributed by atoms with Crippen molar-refractivity contribution in [3.05, 3.63) is 64.8 Å². The highest BCUT2D eigenvalue weighted by molar-refractivity contribution is 14.1. The van der Waals surface area contributed by atoms with Gasteiger partial charge in [-0.15, -0.1) is 0 Å². The summed E-state index contributed by atoms with van der Waals surface area (Å²) in [5.74, 6) is 0.745. The number of unbranched alkanes of at least 4 members (excludes halogenated alkanes) is 1. The zero-order chi connectivity index (χ0) is 19.4. The van der Waals surface area contributed by atoms with Crippen LogP contribution in [0.5, 0.6) is 5.75 Å². The lowest BCUT2D eigenvalue weighted by molar-refractivity contribution is -0.129. The lowest BCUT2D eigenvalue weighted by atomic mass is 10.2. The number of hydrogen-bond donors (Lipinski definition) is 0. The molecule has 4 nitrogen and oxygen atoms in total. The van der Waals surface area contributed by atoms with E-state index >= 15 is 0 Å². The molecule has 7 heteroatoms. The maximum absolute atomic E-state index is 12.2. The number of aliphatic imine (C=N–C) groups is 1. The summed E-state index contributed by atoms with van der Waals surface area (Å²) in [6.07, 6.45) is 3.86. The summed E-state index contributed by atoms with van der Waals surface area (Å²) in [5, 5.41) is 0. The SMILES string of the molecule is CCCCOc1c(I)cc(/C=C2\N=C(c3ccccc3Br)OC2=O)cc1I. The minimum Gasteiger partial charge on any atom is -0.491 e. The number of rotatable bonds is 6. The molecule has 0 amide bonds. The van der Waals surface area contributed by atoms with Gasteiger partial charge in [0.1, 0.15) is 5.75 Å². The van der Waals surface area contributed by atoms with Gasteiger partial charge in [-0.2, -0.15) is 0 Å². The Hall–Kier alpha value is -0.940. The molecule has 2 aromatic rings. The number of benzene rings is 2. The predicted octanol–water partition coefficient (Wildman–Crippen LogP) is 6.18. The summed E-state index contributed by atoms with van der Waals surface area (Å²) >= 11 is 7.97. The van der Waals surface area contributed by atoms with E-state index in [9.17, 15) is 4.79 Å². The molecule has 0 N–H and O–H groups in total. The van der Waals surface area contributed by atoms with Crippen molar-refractivity contribution in [2.75, 3.05) is 6.61 Å². The third-order valence-corrected chi connectivity index (χ3v) is 6.09. The highest BCUT2D eigenvalue weighted by Crippen LogP contribution is 2.31. The molecule has 2 aromatic carbocycles. The van der Waals surface area contributed by atoms with Crippen LogP contribution in [0, 0.1) is 7.14 Å². The van der Waals surface area contributed by atoms with E-state index in [2.05, 4.69) is 73.0 Å². The first-order chi connectivity index (χ1) is 13.0. The zero-order valence-electron chi connectivity index (χ0n) is 14.5. The maximum Gasteiger partial charge on any atom is 0.363 e. The minimum absolute atomic E-state index is 0.284. The number of carbonyl (C=O) groups excluding carboxylic acids is 1. The van der Waals surface area contributed by atoms with Crippen molar-refractivity contribution in [2.24, 2.45) is 4.99 Å². The molecular formula is C20H16BrI2NO3. The van der Waals surface area contributed by atoms with Gasteiger partial charge >= 0.3 is 5.97 Å². The van der Waals surface area contributed by atoms with Crippen LogP contribution < -0.4 is 4.74 Å². The van der Waals surface area contributed by atoms with Gasteiger partial charge in [0, 0.05) is 4.47 Å². The molecule has 0 unspecified atom stereocenters. The molecule has 0 fully saturated rings. The van der Waals surface area contributed by atoms with Gasteiger partial charge in [0.15, 0.2) is 5.70 Å². The molecule has 0 atom stereocenters. The van der Waals surface area contributed by atoms with Crippen LogP contribution in [0.2, 0.25) is 0 Å². The Kier molecular flexibility index (Phi) is 7.32. The van der Waals surface area contributed by atoms with E-state index in [1.165, 1.54) is 0 Å². The van der Waals surface area contributed by atoms with Crippen molar-refractivity contribution in [1.29, 1.82) is 0 Å². The summed E-state index contributed by atoms with van der Waals surface area (Å²) in [5.41, 5.74) is 1.92. The average molecular weight is 652 g/mol. The van der Waals surface area contributed by atoms with Crippen LogP contribution in [0.15, 0.2) is 51.6 Å². The third kappa shape index (κ3) is 5.11. The fourth-order valence-electron chi connectivity index (χ4n) is 2.44. The standard InChI is InChI=1S/C20H16BrI2NO3/c1-2-3-8-26-18-15(22)9-12(10-16(18)23)11-17-20(25)27-19(24-17)13-6-4-5-7-14(13)21/h4-7,9-11H,2-3,8H2,1H3/b17-11-. The van der Waals surface area contributed by atoms with Crippen LogP contribution in [0.3, 0.4) is 0 Å². The fraction of sp³-hybridized carbons (Fsp3) is 0.200. The first-order valence-corrected chi connectivity index (χ1v) is 11.3. The average Bonchev–Trinajstić information content (AvgIpc) is 2.98. The second kappa shape index (κ2) is 9.51. The molecule has 27 heavy (non-hydrogen) atoms. The third-order valence-electron chi connectivity index (χ3n) is 3.79. The monoisotopic (exact) mass is 651 g/mol. The number of cyclic esters (lactones) is 1. The van der Waals surface area contributed by atoms with Gasteiger partial charge in [0.25, 0.3) is 0 Å². The van der Waals surface area contributed by atoms with E-state index in [-0.39, 0.29) is 5.70 Å². The Morgan fingerprint density at radius 2 is 1.93 bits per heavy atom. The second-order valence-electron chi connectivity index (χ2n) is 5.83. The first-order valence-electron chi connectivity index (χ1n) is 8.39.